The Morgan fingerprint density at radius 1 is 0.579 bits per heavy atom. The number of alkyl halides is 3. The summed E-state index contributed by atoms with van der Waals surface area (Å²) in [5, 5.41) is 0. The van der Waals surface area contributed by atoms with Gasteiger partial charge in [-0.2, -0.15) is 21.6 Å². The van der Waals surface area contributed by atoms with Crippen molar-refractivity contribution in [3.8, 4) is 0 Å². The summed E-state index contributed by atoms with van der Waals surface area (Å²) in [6.07, 6.45) is -11.6. The third kappa shape index (κ3) is 10.2. The predicted octanol–water partition coefficient (Wildman–Crippen LogP) is 5.75. The van der Waals surface area contributed by atoms with Crippen molar-refractivity contribution in [3.05, 3.63) is 108 Å². The number of hydrogen-bond donors (Lipinski definition) is 0. The Kier molecular flexibility index (Phi) is 12.8. The maximum atomic E-state index is 14.1. The molecule has 13 nitrogen and oxygen atoms in total. The number of benzene rings is 3. The summed E-state index contributed by atoms with van der Waals surface area (Å²) in [5.41, 5.74) is -3.56. The summed E-state index contributed by atoms with van der Waals surface area (Å²) in [4.78, 5) is 0. The van der Waals surface area contributed by atoms with E-state index in [1.54, 1.807) is 82.3 Å². The van der Waals surface area contributed by atoms with E-state index in [1.165, 1.54) is 0 Å². The van der Waals surface area contributed by atoms with Crippen LogP contribution in [0.5, 0.6) is 0 Å². The van der Waals surface area contributed by atoms with Gasteiger partial charge in [-0.25, -0.2) is 0 Å². The minimum Gasteiger partial charge on any atom is -0.374 e. The van der Waals surface area contributed by atoms with Crippen molar-refractivity contribution in [2.24, 2.45) is 0 Å². The van der Waals surface area contributed by atoms with Gasteiger partial charge in [-0.3, -0.25) is 4.18 Å². The smallest absolute Gasteiger partial charge is 0.374 e. The Balaban J connectivity index is 1.21. The van der Waals surface area contributed by atoms with Gasteiger partial charge in [-0.05, 0) is 44.4 Å². The molecule has 0 bridgehead atoms. The van der Waals surface area contributed by atoms with Gasteiger partial charge < -0.3 is 47.4 Å². The van der Waals surface area contributed by atoms with E-state index in [0.717, 1.165) is 11.1 Å². The number of rotatable bonds is 15. The van der Waals surface area contributed by atoms with Gasteiger partial charge in [0.05, 0.1) is 33.0 Å². The third-order valence-corrected chi connectivity index (χ3v) is 10.8. The molecule has 312 valence electrons. The fourth-order valence-electron chi connectivity index (χ4n) is 7.26. The van der Waals surface area contributed by atoms with Crippen LogP contribution in [0.4, 0.5) is 13.2 Å². The molecule has 4 heterocycles. The molecule has 4 saturated heterocycles. The highest BCUT2D eigenvalue weighted by molar-refractivity contribution is 7.87. The topological polar surface area (TPSA) is 136 Å². The Morgan fingerprint density at radius 3 is 1.67 bits per heavy atom. The second-order valence-electron chi connectivity index (χ2n) is 15.1. The molecule has 10 atom stereocenters. The fourth-order valence-corrected chi connectivity index (χ4v) is 7.86. The van der Waals surface area contributed by atoms with Crippen LogP contribution in [0.15, 0.2) is 91.0 Å². The van der Waals surface area contributed by atoms with Crippen molar-refractivity contribution in [1.29, 1.82) is 0 Å². The van der Waals surface area contributed by atoms with Crippen LogP contribution in [0.2, 0.25) is 0 Å². The fraction of sp³-hybridized carbons (Fsp3) is 0.550. The van der Waals surface area contributed by atoms with Gasteiger partial charge in [0.25, 0.3) is 0 Å². The van der Waals surface area contributed by atoms with Gasteiger partial charge in [0, 0.05) is 0 Å². The van der Waals surface area contributed by atoms with E-state index >= 15 is 0 Å². The number of hydrogen-bond acceptors (Lipinski definition) is 13. The van der Waals surface area contributed by atoms with Crippen molar-refractivity contribution in [2.45, 2.75) is 126 Å². The Labute approximate surface area is 329 Å². The molecule has 0 unspecified atom stereocenters. The van der Waals surface area contributed by atoms with Crippen LogP contribution in [0, 0.1) is 0 Å². The van der Waals surface area contributed by atoms with E-state index in [-0.39, 0.29) is 33.0 Å². The highest BCUT2D eigenvalue weighted by Crippen LogP contribution is 2.44. The quantitative estimate of drug-likeness (QED) is 0.136. The monoisotopic (exact) mass is 824 g/mol. The van der Waals surface area contributed by atoms with E-state index in [1.807, 2.05) is 36.4 Å². The van der Waals surface area contributed by atoms with Crippen molar-refractivity contribution >= 4 is 10.1 Å². The van der Waals surface area contributed by atoms with E-state index in [9.17, 15) is 21.6 Å². The molecule has 3 aromatic carbocycles. The van der Waals surface area contributed by atoms with Gasteiger partial charge in [0.15, 0.2) is 30.3 Å². The molecule has 4 fully saturated rings. The van der Waals surface area contributed by atoms with Crippen molar-refractivity contribution in [2.75, 3.05) is 13.2 Å². The Morgan fingerprint density at radius 2 is 1.09 bits per heavy atom. The van der Waals surface area contributed by atoms with Crippen LogP contribution in [-0.2, 0) is 81.5 Å². The zero-order valence-electron chi connectivity index (χ0n) is 31.8. The second kappa shape index (κ2) is 17.3. The Hall–Kier alpha value is -3.04. The molecule has 0 spiro atoms. The Bertz CT molecular complexity index is 1850. The molecule has 0 radical (unpaired) electrons. The van der Waals surface area contributed by atoms with Crippen LogP contribution in [0.1, 0.15) is 44.4 Å². The van der Waals surface area contributed by atoms with Crippen molar-refractivity contribution in [1.82, 2.24) is 0 Å². The van der Waals surface area contributed by atoms with E-state index in [2.05, 4.69) is 0 Å². The van der Waals surface area contributed by atoms with Gasteiger partial charge in [0.2, 0.25) is 0 Å². The summed E-state index contributed by atoms with van der Waals surface area (Å²) in [5.74, 6) is -2.08. The first-order valence-electron chi connectivity index (χ1n) is 18.6. The lowest BCUT2D eigenvalue weighted by Crippen LogP contribution is -2.63. The lowest BCUT2D eigenvalue weighted by molar-refractivity contribution is -0.325. The second-order valence-corrected chi connectivity index (χ2v) is 16.6. The molecule has 4 aliphatic rings. The maximum Gasteiger partial charge on any atom is 0.523 e. The van der Waals surface area contributed by atoms with Crippen LogP contribution >= 0.6 is 0 Å². The normalized spacial score (nSPS) is 32.1. The summed E-state index contributed by atoms with van der Waals surface area (Å²) in [6, 6.07) is 27.2. The van der Waals surface area contributed by atoms with E-state index in [0.29, 0.717) is 5.56 Å². The molecule has 7 rings (SSSR count). The molecule has 3 aromatic rings. The van der Waals surface area contributed by atoms with Crippen molar-refractivity contribution in [3.63, 3.8) is 0 Å². The molecule has 0 aliphatic carbocycles. The average Bonchev–Trinajstić information content (AvgIpc) is 3.67. The zero-order chi connectivity index (χ0) is 40.4. The first-order chi connectivity index (χ1) is 27.1. The molecule has 4 aliphatic heterocycles. The number of fused-ring (bicyclic) bond motifs is 3. The molecule has 57 heavy (non-hydrogen) atoms. The minimum absolute atomic E-state index is 0.0351. The maximum absolute atomic E-state index is 14.1. The average molecular weight is 825 g/mol. The summed E-state index contributed by atoms with van der Waals surface area (Å²) < 4.78 is 135. The van der Waals surface area contributed by atoms with Gasteiger partial charge in [-0.15, -0.1) is 0 Å². The third-order valence-electron chi connectivity index (χ3n) is 9.75. The first kappa shape index (κ1) is 42.1. The van der Waals surface area contributed by atoms with Crippen LogP contribution in [-0.4, -0.2) is 100 Å². The minimum atomic E-state index is -6.24. The van der Waals surface area contributed by atoms with E-state index in [4.69, 9.17) is 51.6 Å². The standard InChI is InChI=1S/C40H47F3O13S/c1-38(2)52-31-29(51-37-34(33(31)53-38)54-39(3,4)55-37)24-49-36-35(56-57(44,45)40(41,42)43)32(48-22-27-18-12-7-13-19-27)30(47-21-26-16-10-6-11-17-26)28(50-36)23-46-20-25-14-8-5-9-15-25/h5-19,28-37H,20-24H2,1-4H3/t28-,29-,30-,31+,32+,33+,34-,35-,36-,37-/m1/s1. The lowest BCUT2D eigenvalue weighted by Gasteiger charge is -2.46. The predicted molar refractivity (Wildman–Crippen MR) is 193 cm³/mol. The molecular formula is C40H47F3O13S. The summed E-state index contributed by atoms with van der Waals surface area (Å²) >= 11 is 0. The van der Waals surface area contributed by atoms with E-state index < -0.39 is 88.6 Å². The molecule has 0 N–H and O–H groups in total. The van der Waals surface area contributed by atoms with Crippen LogP contribution in [0.25, 0.3) is 0 Å². The molecule has 0 amide bonds. The molecule has 17 heteroatoms. The summed E-state index contributed by atoms with van der Waals surface area (Å²) in [7, 11) is -6.24. The van der Waals surface area contributed by atoms with Crippen LogP contribution in [0.3, 0.4) is 0 Å². The largest absolute Gasteiger partial charge is 0.523 e. The highest BCUT2D eigenvalue weighted by Gasteiger charge is 2.61. The summed E-state index contributed by atoms with van der Waals surface area (Å²) in [6.45, 7) is 6.32. The first-order valence-corrected chi connectivity index (χ1v) is 20.0. The van der Waals surface area contributed by atoms with Gasteiger partial charge in [0.1, 0.15) is 42.7 Å². The lowest BCUT2D eigenvalue weighted by atomic mass is 9.97. The molecule has 0 aromatic heterocycles. The van der Waals surface area contributed by atoms with Gasteiger partial charge in [-0.1, -0.05) is 91.0 Å². The zero-order valence-corrected chi connectivity index (χ0v) is 32.6. The van der Waals surface area contributed by atoms with Gasteiger partial charge >= 0.3 is 15.6 Å². The number of ether oxygens (including phenoxy) is 10. The molecular weight excluding hydrogens is 777 g/mol. The SMILES string of the molecule is CC1(C)O[C@H]2[C@@H](O1)[C@@H](CO[C@@H]1O[C@H](COCc3ccccc3)[C@@H](OCc3ccccc3)[C@H](OCc3ccccc3)[C@H]1OS(=O)(=O)C(F)(F)F)O[C@@H]1OC(C)(C)O[C@@H]12. The highest BCUT2D eigenvalue weighted by atomic mass is 32.2. The molecule has 0 saturated carbocycles. The number of halogens is 3. The van der Waals surface area contributed by atoms with Crippen LogP contribution < -0.4 is 0 Å². The van der Waals surface area contributed by atoms with Crippen molar-refractivity contribution < 1.29 is 73.1 Å².